The molecule has 0 bridgehead atoms. The minimum Gasteiger partial charge on any atom is -0.480 e. The van der Waals surface area contributed by atoms with Crippen LogP contribution in [0.25, 0.3) is 0 Å². The number of carbonyl (C=O) groups is 2. The van der Waals surface area contributed by atoms with Crippen molar-refractivity contribution >= 4 is 11.9 Å². The van der Waals surface area contributed by atoms with Crippen LogP contribution >= 0.6 is 0 Å². The van der Waals surface area contributed by atoms with E-state index in [1.807, 2.05) is 20.8 Å². The summed E-state index contributed by atoms with van der Waals surface area (Å²) in [7, 11) is 0. The Kier molecular flexibility index (Phi) is 7.54. The molecule has 0 fully saturated rings. The minimum absolute atomic E-state index is 0.0550. The highest BCUT2D eigenvalue weighted by molar-refractivity contribution is 5.83. The average Bonchev–Trinajstić information content (AvgIpc) is 2.25. The van der Waals surface area contributed by atoms with E-state index in [-0.39, 0.29) is 11.8 Å². The van der Waals surface area contributed by atoms with Gasteiger partial charge in [-0.2, -0.15) is 0 Å². The van der Waals surface area contributed by atoms with Gasteiger partial charge in [0.1, 0.15) is 6.04 Å². The SMILES string of the molecule is CCNCCC(=O)NC(C(=O)O)C(C)CC. The summed E-state index contributed by atoms with van der Waals surface area (Å²) in [6, 6.07) is -0.779. The summed E-state index contributed by atoms with van der Waals surface area (Å²) in [5.41, 5.74) is 0. The third-order valence-electron chi connectivity index (χ3n) is 2.57. The molecule has 0 aliphatic carbocycles. The average molecular weight is 230 g/mol. The normalized spacial score (nSPS) is 14.2. The van der Waals surface area contributed by atoms with Crippen molar-refractivity contribution in [1.29, 1.82) is 0 Å². The van der Waals surface area contributed by atoms with Crippen LogP contribution in [-0.2, 0) is 9.59 Å². The summed E-state index contributed by atoms with van der Waals surface area (Å²) in [6.45, 7) is 7.07. The van der Waals surface area contributed by atoms with E-state index in [0.717, 1.165) is 13.0 Å². The van der Waals surface area contributed by atoms with Gasteiger partial charge in [-0.3, -0.25) is 4.79 Å². The number of amides is 1. The van der Waals surface area contributed by atoms with Gasteiger partial charge in [0.05, 0.1) is 0 Å². The van der Waals surface area contributed by atoms with Crippen LogP contribution in [0.1, 0.15) is 33.6 Å². The van der Waals surface area contributed by atoms with Gasteiger partial charge in [0.25, 0.3) is 0 Å². The van der Waals surface area contributed by atoms with Gasteiger partial charge in [-0.15, -0.1) is 0 Å². The van der Waals surface area contributed by atoms with Gasteiger partial charge in [-0.1, -0.05) is 27.2 Å². The quantitative estimate of drug-likeness (QED) is 0.534. The van der Waals surface area contributed by atoms with Crippen molar-refractivity contribution in [3.05, 3.63) is 0 Å². The number of carbonyl (C=O) groups excluding carboxylic acids is 1. The van der Waals surface area contributed by atoms with Crippen molar-refractivity contribution in [3.8, 4) is 0 Å². The molecule has 3 N–H and O–H groups in total. The number of carboxylic acid groups (broad SMARTS) is 1. The van der Waals surface area contributed by atoms with Crippen LogP contribution in [0.15, 0.2) is 0 Å². The maximum absolute atomic E-state index is 11.4. The Hall–Kier alpha value is -1.10. The van der Waals surface area contributed by atoms with E-state index < -0.39 is 12.0 Å². The fraction of sp³-hybridized carbons (Fsp3) is 0.818. The Bertz CT molecular complexity index is 231. The van der Waals surface area contributed by atoms with Crippen molar-refractivity contribution in [2.45, 2.75) is 39.7 Å². The Balaban J connectivity index is 4.09. The molecule has 0 heterocycles. The van der Waals surface area contributed by atoms with Crippen LogP contribution in [0.4, 0.5) is 0 Å². The third-order valence-corrected chi connectivity index (χ3v) is 2.57. The monoisotopic (exact) mass is 230 g/mol. The molecule has 0 aromatic rings. The van der Waals surface area contributed by atoms with E-state index >= 15 is 0 Å². The number of aliphatic carboxylic acids is 1. The van der Waals surface area contributed by atoms with Gasteiger partial charge in [-0.05, 0) is 12.5 Å². The highest BCUT2D eigenvalue weighted by Gasteiger charge is 2.24. The summed E-state index contributed by atoms with van der Waals surface area (Å²) < 4.78 is 0. The van der Waals surface area contributed by atoms with E-state index in [0.29, 0.717) is 13.0 Å². The fourth-order valence-electron chi connectivity index (χ4n) is 1.31. The van der Waals surface area contributed by atoms with Crippen molar-refractivity contribution in [1.82, 2.24) is 10.6 Å². The van der Waals surface area contributed by atoms with Crippen LogP contribution in [0, 0.1) is 5.92 Å². The van der Waals surface area contributed by atoms with E-state index in [1.165, 1.54) is 0 Å². The second kappa shape index (κ2) is 8.10. The maximum atomic E-state index is 11.4. The highest BCUT2D eigenvalue weighted by Crippen LogP contribution is 2.07. The number of rotatable bonds is 8. The van der Waals surface area contributed by atoms with Crippen molar-refractivity contribution in [3.63, 3.8) is 0 Å². The zero-order valence-corrected chi connectivity index (χ0v) is 10.2. The van der Waals surface area contributed by atoms with E-state index in [2.05, 4.69) is 10.6 Å². The van der Waals surface area contributed by atoms with Crippen molar-refractivity contribution in [2.75, 3.05) is 13.1 Å². The topological polar surface area (TPSA) is 78.4 Å². The second-order valence-electron chi connectivity index (χ2n) is 3.87. The summed E-state index contributed by atoms with van der Waals surface area (Å²) in [4.78, 5) is 22.4. The molecule has 94 valence electrons. The molecule has 1 amide bonds. The minimum atomic E-state index is -0.967. The van der Waals surface area contributed by atoms with Crippen LogP contribution in [0.5, 0.6) is 0 Å². The molecular formula is C11H22N2O3. The summed E-state index contributed by atoms with van der Waals surface area (Å²) in [5, 5.41) is 14.5. The molecule has 0 aromatic heterocycles. The number of hydrogen-bond donors (Lipinski definition) is 3. The first-order chi connectivity index (χ1) is 7.52. The van der Waals surface area contributed by atoms with Crippen molar-refractivity contribution < 1.29 is 14.7 Å². The van der Waals surface area contributed by atoms with E-state index in [9.17, 15) is 9.59 Å². The standard InChI is InChI=1S/C11H22N2O3/c1-4-8(3)10(11(15)16)13-9(14)6-7-12-5-2/h8,10,12H,4-7H2,1-3H3,(H,13,14)(H,15,16). The lowest BCUT2D eigenvalue weighted by Crippen LogP contribution is -2.45. The fourth-order valence-corrected chi connectivity index (χ4v) is 1.31. The van der Waals surface area contributed by atoms with Crippen LogP contribution < -0.4 is 10.6 Å². The lowest BCUT2D eigenvalue weighted by atomic mass is 9.99. The number of hydrogen-bond acceptors (Lipinski definition) is 3. The molecule has 0 aliphatic heterocycles. The Morgan fingerprint density at radius 2 is 1.94 bits per heavy atom. The first-order valence-corrected chi connectivity index (χ1v) is 5.75. The molecule has 0 aliphatic rings. The molecule has 5 heteroatoms. The summed E-state index contributed by atoms with van der Waals surface area (Å²) >= 11 is 0. The van der Waals surface area contributed by atoms with Crippen molar-refractivity contribution in [2.24, 2.45) is 5.92 Å². The number of nitrogens with one attached hydrogen (secondary N) is 2. The molecule has 2 atom stereocenters. The molecule has 0 aromatic carbocycles. The van der Waals surface area contributed by atoms with Gasteiger partial charge >= 0.3 is 5.97 Å². The molecule has 0 rings (SSSR count). The first kappa shape index (κ1) is 14.9. The molecule has 0 saturated heterocycles. The van der Waals surface area contributed by atoms with Gasteiger partial charge in [0.2, 0.25) is 5.91 Å². The van der Waals surface area contributed by atoms with Crippen LogP contribution in [-0.4, -0.2) is 36.1 Å². The predicted molar refractivity (Wildman–Crippen MR) is 62.2 cm³/mol. The van der Waals surface area contributed by atoms with E-state index in [4.69, 9.17) is 5.11 Å². The maximum Gasteiger partial charge on any atom is 0.326 e. The second-order valence-corrected chi connectivity index (χ2v) is 3.87. The molecule has 0 spiro atoms. The third kappa shape index (κ3) is 5.70. The number of carboxylic acids is 1. The molecule has 5 nitrogen and oxygen atoms in total. The molecule has 16 heavy (non-hydrogen) atoms. The molecular weight excluding hydrogens is 208 g/mol. The summed E-state index contributed by atoms with van der Waals surface area (Å²) in [5.74, 6) is -1.24. The van der Waals surface area contributed by atoms with Gasteiger partial charge in [0, 0.05) is 13.0 Å². The largest absolute Gasteiger partial charge is 0.480 e. The van der Waals surface area contributed by atoms with Gasteiger partial charge in [-0.25, -0.2) is 4.79 Å². The smallest absolute Gasteiger partial charge is 0.326 e. The summed E-state index contributed by atoms with van der Waals surface area (Å²) in [6.07, 6.45) is 1.04. The zero-order valence-electron chi connectivity index (χ0n) is 10.2. The van der Waals surface area contributed by atoms with E-state index in [1.54, 1.807) is 0 Å². The Morgan fingerprint density at radius 1 is 1.31 bits per heavy atom. The zero-order chi connectivity index (χ0) is 12.6. The predicted octanol–water partition coefficient (Wildman–Crippen LogP) is 0.601. The Labute approximate surface area is 96.6 Å². The highest BCUT2D eigenvalue weighted by atomic mass is 16.4. The molecule has 0 saturated carbocycles. The van der Waals surface area contributed by atoms with Crippen LogP contribution in [0.2, 0.25) is 0 Å². The lowest BCUT2D eigenvalue weighted by molar-refractivity contribution is -0.143. The first-order valence-electron chi connectivity index (χ1n) is 5.75. The van der Waals surface area contributed by atoms with Crippen LogP contribution in [0.3, 0.4) is 0 Å². The Morgan fingerprint density at radius 3 is 2.38 bits per heavy atom. The van der Waals surface area contributed by atoms with Gasteiger partial charge in [0.15, 0.2) is 0 Å². The van der Waals surface area contributed by atoms with Gasteiger partial charge < -0.3 is 15.7 Å². The molecule has 2 unspecified atom stereocenters. The lowest BCUT2D eigenvalue weighted by Gasteiger charge is -2.20. The molecule has 0 radical (unpaired) electrons.